The Morgan fingerprint density at radius 1 is 1.16 bits per heavy atom. The minimum atomic E-state index is 0.0347. The molecule has 1 heterocycles. The molecule has 0 saturated carbocycles. The van der Waals surface area contributed by atoms with E-state index in [0.29, 0.717) is 13.2 Å². The maximum Gasteiger partial charge on any atom is 0.250 e. The maximum absolute atomic E-state index is 11.6. The zero-order valence-corrected chi connectivity index (χ0v) is 11.0. The quantitative estimate of drug-likeness (QED) is 0.660. The number of benzene rings is 1. The van der Waals surface area contributed by atoms with Crippen molar-refractivity contribution in [2.24, 2.45) is 0 Å². The molecule has 0 radical (unpaired) electrons. The van der Waals surface area contributed by atoms with Crippen molar-refractivity contribution in [3.8, 4) is 5.75 Å². The van der Waals surface area contributed by atoms with Gasteiger partial charge in [0, 0.05) is 24.0 Å². The second kappa shape index (κ2) is 6.09. The molecule has 4 nitrogen and oxygen atoms in total. The number of anilines is 1. The first-order valence-corrected chi connectivity index (χ1v) is 6.31. The highest BCUT2D eigenvalue weighted by Crippen LogP contribution is 2.13. The van der Waals surface area contributed by atoms with Gasteiger partial charge < -0.3 is 15.0 Å². The fourth-order valence-corrected chi connectivity index (χ4v) is 1.89. The topological polar surface area (TPSA) is 57.2 Å². The number of rotatable bonds is 5. The van der Waals surface area contributed by atoms with Gasteiger partial charge in [0.1, 0.15) is 5.75 Å². The molecule has 0 aliphatic heterocycles. The molecule has 100 valence electrons. The van der Waals surface area contributed by atoms with Crippen LogP contribution in [0.25, 0.3) is 0 Å². The van der Waals surface area contributed by atoms with Crippen LogP contribution in [-0.2, 0) is 6.54 Å². The Bertz CT molecular complexity index is 588. The fourth-order valence-electron chi connectivity index (χ4n) is 1.89. The van der Waals surface area contributed by atoms with Crippen LogP contribution in [-0.4, -0.2) is 11.2 Å². The van der Waals surface area contributed by atoms with E-state index in [-0.39, 0.29) is 5.56 Å². The minimum absolute atomic E-state index is 0.0347. The molecule has 0 bridgehead atoms. The molecule has 0 amide bonds. The molecular formula is C15H18N2O2. The third kappa shape index (κ3) is 3.61. The second-order valence-corrected chi connectivity index (χ2v) is 4.43. The molecule has 0 aliphatic rings. The third-order valence-electron chi connectivity index (χ3n) is 2.94. The van der Waals surface area contributed by atoms with Gasteiger partial charge in [-0.2, -0.15) is 0 Å². The number of aryl methyl sites for hydroxylation is 1. The summed E-state index contributed by atoms with van der Waals surface area (Å²) in [6, 6.07) is 12.6. The molecular weight excluding hydrogens is 240 g/mol. The van der Waals surface area contributed by atoms with E-state index in [1.807, 2.05) is 25.1 Å². The zero-order valence-electron chi connectivity index (χ0n) is 11.0. The minimum Gasteiger partial charge on any atom is -0.494 e. The second-order valence-electron chi connectivity index (χ2n) is 4.43. The standard InChI is InChI=1S/C15H18N2O2/c1-12-4-2-5-15(18)17(12)10-3-11-19-14-8-6-13(16)7-9-14/h2,4-9H,3,10-11,16H2,1H3. The molecule has 2 N–H and O–H groups in total. The predicted octanol–water partition coefficient (Wildman–Crippen LogP) is 2.21. The summed E-state index contributed by atoms with van der Waals surface area (Å²) in [7, 11) is 0. The maximum atomic E-state index is 11.6. The van der Waals surface area contributed by atoms with Crippen LogP contribution in [0.1, 0.15) is 12.1 Å². The van der Waals surface area contributed by atoms with Crippen molar-refractivity contribution in [1.29, 1.82) is 0 Å². The lowest BCUT2D eigenvalue weighted by atomic mass is 10.3. The van der Waals surface area contributed by atoms with Crippen LogP contribution < -0.4 is 16.0 Å². The fraction of sp³-hybridized carbons (Fsp3) is 0.267. The first-order chi connectivity index (χ1) is 9.16. The zero-order chi connectivity index (χ0) is 13.7. The number of nitrogens with two attached hydrogens (primary N) is 1. The van der Waals surface area contributed by atoms with Gasteiger partial charge in [0.15, 0.2) is 0 Å². The molecule has 2 rings (SSSR count). The summed E-state index contributed by atoms with van der Waals surface area (Å²) in [5, 5.41) is 0. The molecule has 0 spiro atoms. The number of ether oxygens (including phenoxy) is 1. The Balaban J connectivity index is 1.84. The van der Waals surface area contributed by atoms with Gasteiger partial charge in [0.05, 0.1) is 6.61 Å². The first kappa shape index (κ1) is 13.2. The van der Waals surface area contributed by atoms with Gasteiger partial charge >= 0.3 is 0 Å². The van der Waals surface area contributed by atoms with Gasteiger partial charge in [-0.15, -0.1) is 0 Å². The summed E-state index contributed by atoms with van der Waals surface area (Å²) in [6.07, 6.45) is 0.787. The number of nitrogen functional groups attached to an aromatic ring is 1. The van der Waals surface area contributed by atoms with Crippen molar-refractivity contribution in [2.45, 2.75) is 19.9 Å². The van der Waals surface area contributed by atoms with E-state index in [2.05, 4.69) is 0 Å². The van der Waals surface area contributed by atoms with Crippen LogP contribution in [0, 0.1) is 6.92 Å². The highest BCUT2D eigenvalue weighted by molar-refractivity contribution is 5.41. The van der Waals surface area contributed by atoms with Crippen molar-refractivity contribution >= 4 is 5.69 Å². The molecule has 0 aliphatic carbocycles. The van der Waals surface area contributed by atoms with Gasteiger partial charge in [-0.25, -0.2) is 0 Å². The summed E-state index contributed by atoms with van der Waals surface area (Å²) in [6.45, 7) is 3.17. The molecule has 1 aromatic carbocycles. The van der Waals surface area contributed by atoms with Crippen LogP contribution in [0.3, 0.4) is 0 Å². The Hall–Kier alpha value is -2.23. The van der Waals surface area contributed by atoms with E-state index >= 15 is 0 Å². The lowest BCUT2D eigenvalue weighted by molar-refractivity contribution is 0.300. The molecule has 19 heavy (non-hydrogen) atoms. The van der Waals surface area contributed by atoms with E-state index in [9.17, 15) is 4.79 Å². The van der Waals surface area contributed by atoms with Gasteiger partial charge in [0.25, 0.3) is 5.56 Å². The van der Waals surface area contributed by atoms with Gasteiger partial charge in [-0.3, -0.25) is 4.79 Å². The van der Waals surface area contributed by atoms with Crippen molar-refractivity contribution < 1.29 is 4.74 Å². The molecule has 0 atom stereocenters. The summed E-state index contributed by atoms with van der Waals surface area (Å²) >= 11 is 0. The van der Waals surface area contributed by atoms with Crippen LogP contribution in [0.4, 0.5) is 5.69 Å². The number of pyridine rings is 1. The van der Waals surface area contributed by atoms with E-state index in [1.54, 1.807) is 28.8 Å². The van der Waals surface area contributed by atoms with E-state index in [0.717, 1.165) is 23.6 Å². The average Bonchev–Trinajstić information content (AvgIpc) is 2.39. The highest BCUT2D eigenvalue weighted by Gasteiger charge is 1.99. The summed E-state index contributed by atoms with van der Waals surface area (Å²) in [4.78, 5) is 11.6. The van der Waals surface area contributed by atoms with E-state index in [4.69, 9.17) is 10.5 Å². The first-order valence-electron chi connectivity index (χ1n) is 6.31. The smallest absolute Gasteiger partial charge is 0.250 e. The molecule has 0 unspecified atom stereocenters. The molecule has 1 aromatic heterocycles. The van der Waals surface area contributed by atoms with E-state index in [1.165, 1.54) is 0 Å². The Kier molecular flexibility index (Phi) is 4.23. The Labute approximate surface area is 112 Å². The third-order valence-corrected chi connectivity index (χ3v) is 2.94. The lowest BCUT2D eigenvalue weighted by Crippen LogP contribution is -2.21. The van der Waals surface area contributed by atoms with Gasteiger partial charge in [-0.1, -0.05) is 6.07 Å². The van der Waals surface area contributed by atoms with Gasteiger partial charge in [-0.05, 0) is 43.7 Å². The molecule has 2 aromatic rings. The van der Waals surface area contributed by atoms with Crippen LogP contribution in [0.5, 0.6) is 5.75 Å². The normalized spacial score (nSPS) is 10.4. The van der Waals surface area contributed by atoms with Crippen molar-refractivity contribution in [2.75, 3.05) is 12.3 Å². The molecule has 0 saturated heterocycles. The number of hydrogen-bond acceptors (Lipinski definition) is 3. The number of aromatic nitrogens is 1. The van der Waals surface area contributed by atoms with Crippen LogP contribution in [0.15, 0.2) is 47.3 Å². The van der Waals surface area contributed by atoms with Crippen molar-refractivity contribution in [3.63, 3.8) is 0 Å². The Morgan fingerprint density at radius 3 is 2.58 bits per heavy atom. The average molecular weight is 258 g/mol. The summed E-state index contributed by atoms with van der Waals surface area (Å²) in [5.74, 6) is 0.798. The number of nitrogens with zero attached hydrogens (tertiary/aromatic N) is 1. The monoisotopic (exact) mass is 258 g/mol. The van der Waals surface area contributed by atoms with E-state index < -0.39 is 0 Å². The SMILES string of the molecule is Cc1cccc(=O)n1CCCOc1ccc(N)cc1. The van der Waals surface area contributed by atoms with Crippen LogP contribution >= 0.6 is 0 Å². The molecule has 4 heteroatoms. The number of hydrogen-bond donors (Lipinski definition) is 1. The van der Waals surface area contributed by atoms with Gasteiger partial charge in [0.2, 0.25) is 0 Å². The summed E-state index contributed by atoms with van der Waals surface area (Å²) in [5.41, 5.74) is 7.33. The largest absolute Gasteiger partial charge is 0.494 e. The lowest BCUT2D eigenvalue weighted by Gasteiger charge is -2.10. The van der Waals surface area contributed by atoms with Crippen LogP contribution in [0.2, 0.25) is 0 Å². The predicted molar refractivity (Wildman–Crippen MR) is 76.4 cm³/mol. The molecule has 0 fully saturated rings. The van der Waals surface area contributed by atoms with Crippen molar-refractivity contribution in [1.82, 2.24) is 4.57 Å². The highest BCUT2D eigenvalue weighted by atomic mass is 16.5. The Morgan fingerprint density at radius 2 is 1.89 bits per heavy atom. The summed E-state index contributed by atoms with van der Waals surface area (Å²) < 4.78 is 7.35. The van der Waals surface area contributed by atoms with Crippen molar-refractivity contribution in [3.05, 3.63) is 58.5 Å².